The van der Waals surface area contributed by atoms with Crippen LogP contribution >= 0.6 is 0 Å². The Balaban J connectivity index is 1.90. The van der Waals surface area contributed by atoms with Gasteiger partial charge in [-0.1, -0.05) is 6.42 Å². The van der Waals surface area contributed by atoms with Crippen LogP contribution in [-0.2, 0) is 4.79 Å². The van der Waals surface area contributed by atoms with E-state index in [9.17, 15) is 4.79 Å². The van der Waals surface area contributed by atoms with Crippen LogP contribution in [0.4, 0.5) is 0 Å². The third-order valence-electron chi connectivity index (χ3n) is 4.42. The molecule has 2 bridgehead atoms. The summed E-state index contributed by atoms with van der Waals surface area (Å²) in [5, 5.41) is 0. The molecule has 0 heterocycles. The van der Waals surface area contributed by atoms with Crippen molar-refractivity contribution < 1.29 is 4.79 Å². The average molecular weight is 164 g/mol. The van der Waals surface area contributed by atoms with Gasteiger partial charge in [-0.2, -0.15) is 0 Å². The Kier molecular flexibility index (Phi) is 1.38. The number of hydrogen-bond acceptors (Lipinski definition) is 1. The van der Waals surface area contributed by atoms with Crippen molar-refractivity contribution in [3.63, 3.8) is 0 Å². The summed E-state index contributed by atoms with van der Waals surface area (Å²) < 4.78 is 0. The highest BCUT2D eigenvalue weighted by Gasteiger charge is 2.48. The summed E-state index contributed by atoms with van der Waals surface area (Å²) in [6.07, 6.45) is 7.55. The van der Waals surface area contributed by atoms with Gasteiger partial charge in [0.15, 0.2) is 0 Å². The van der Waals surface area contributed by atoms with Gasteiger partial charge in [-0.15, -0.1) is 0 Å². The van der Waals surface area contributed by atoms with Crippen molar-refractivity contribution in [2.75, 3.05) is 0 Å². The molecule has 4 atom stereocenters. The van der Waals surface area contributed by atoms with Crippen LogP contribution in [0.5, 0.6) is 0 Å². The molecule has 0 spiro atoms. The van der Waals surface area contributed by atoms with Crippen LogP contribution in [0.25, 0.3) is 0 Å². The standard InChI is InChI=1S/C11H16O/c12-9-5-7-4-8(6-9)11-3-1-2-10(7)11/h7-8,10-11H,1-6H2/t7-,8+,10-,11+. The molecule has 3 rings (SSSR count). The van der Waals surface area contributed by atoms with E-state index in [4.69, 9.17) is 0 Å². The Morgan fingerprint density at radius 2 is 1.58 bits per heavy atom. The van der Waals surface area contributed by atoms with E-state index in [2.05, 4.69) is 0 Å². The first-order valence-corrected chi connectivity index (χ1v) is 5.36. The minimum Gasteiger partial charge on any atom is -0.300 e. The van der Waals surface area contributed by atoms with Gasteiger partial charge in [0.25, 0.3) is 0 Å². The van der Waals surface area contributed by atoms with Crippen LogP contribution in [0.2, 0.25) is 0 Å². The van der Waals surface area contributed by atoms with E-state index < -0.39 is 0 Å². The smallest absolute Gasteiger partial charge is 0.133 e. The molecule has 1 nitrogen and oxygen atoms in total. The van der Waals surface area contributed by atoms with E-state index in [0.29, 0.717) is 5.78 Å². The Morgan fingerprint density at radius 3 is 2.17 bits per heavy atom. The summed E-state index contributed by atoms with van der Waals surface area (Å²) in [5.74, 6) is 4.10. The molecule has 0 N–H and O–H groups in total. The van der Waals surface area contributed by atoms with Gasteiger partial charge >= 0.3 is 0 Å². The van der Waals surface area contributed by atoms with E-state index in [-0.39, 0.29) is 0 Å². The van der Waals surface area contributed by atoms with E-state index in [1.807, 2.05) is 0 Å². The number of Topliss-reactive ketones (excluding diaryl/α,β-unsaturated/α-hetero) is 1. The highest BCUT2D eigenvalue weighted by atomic mass is 16.1. The Bertz CT molecular complexity index is 201. The quantitative estimate of drug-likeness (QED) is 0.537. The fourth-order valence-corrected chi connectivity index (χ4v) is 4.06. The van der Waals surface area contributed by atoms with Gasteiger partial charge < -0.3 is 0 Å². The maximum absolute atomic E-state index is 11.4. The fourth-order valence-electron chi connectivity index (χ4n) is 4.06. The molecule has 0 aromatic rings. The summed E-state index contributed by atoms with van der Waals surface area (Å²) in [7, 11) is 0. The number of carbonyl (C=O) groups is 1. The molecule has 3 saturated carbocycles. The largest absolute Gasteiger partial charge is 0.300 e. The van der Waals surface area contributed by atoms with Crippen molar-refractivity contribution in [3.05, 3.63) is 0 Å². The highest BCUT2D eigenvalue weighted by molar-refractivity contribution is 5.80. The van der Waals surface area contributed by atoms with E-state index in [1.165, 1.54) is 25.7 Å². The number of ketones is 1. The molecule has 0 saturated heterocycles. The number of fused-ring (bicyclic) bond motifs is 5. The number of hydrogen-bond donors (Lipinski definition) is 0. The first-order chi connectivity index (χ1) is 5.84. The monoisotopic (exact) mass is 164 g/mol. The van der Waals surface area contributed by atoms with Crippen molar-refractivity contribution in [2.24, 2.45) is 23.7 Å². The van der Waals surface area contributed by atoms with Crippen LogP contribution in [-0.4, -0.2) is 5.78 Å². The maximum atomic E-state index is 11.4. The van der Waals surface area contributed by atoms with Gasteiger partial charge in [0.05, 0.1) is 0 Å². The van der Waals surface area contributed by atoms with Gasteiger partial charge in [-0.25, -0.2) is 0 Å². The zero-order valence-corrected chi connectivity index (χ0v) is 7.46. The topological polar surface area (TPSA) is 17.1 Å². The molecule has 1 heteroatoms. The van der Waals surface area contributed by atoms with Crippen LogP contribution in [0.15, 0.2) is 0 Å². The van der Waals surface area contributed by atoms with Gasteiger partial charge in [0.1, 0.15) is 5.78 Å². The second kappa shape index (κ2) is 2.34. The Labute approximate surface area is 73.5 Å². The number of carbonyl (C=O) groups excluding carboxylic acids is 1. The summed E-state index contributed by atoms with van der Waals surface area (Å²) in [4.78, 5) is 11.4. The Morgan fingerprint density at radius 1 is 1.00 bits per heavy atom. The fraction of sp³-hybridized carbons (Fsp3) is 0.909. The third-order valence-corrected chi connectivity index (χ3v) is 4.42. The van der Waals surface area contributed by atoms with Crippen molar-refractivity contribution in [1.82, 2.24) is 0 Å². The molecule has 0 radical (unpaired) electrons. The maximum Gasteiger partial charge on any atom is 0.133 e. The molecular weight excluding hydrogens is 148 g/mol. The Hall–Kier alpha value is -0.330. The van der Waals surface area contributed by atoms with Gasteiger partial charge in [-0.05, 0) is 42.9 Å². The van der Waals surface area contributed by atoms with Crippen molar-refractivity contribution in [1.29, 1.82) is 0 Å². The summed E-state index contributed by atoms with van der Waals surface area (Å²) in [6, 6.07) is 0. The van der Waals surface area contributed by atoms with Crippen LogP contribution in [0, 0.1) is 23.7 Å². The predicted octanol–water partition coefficient (Wildman–Crippen LogP) is 2.40. The lowest BCUT2D eigenvalue weighted by Gasteiger charge is -2.20. The van der Waals surface area contributed by atoms with Gasteiger partial charge in [0.2, 0.25) is 0 Å². The molecule has 0 aliphatic heterocycles. The molecule has 3 fully saturated rings. The molecule has 0 aromatic carbocycles. The highest BCUT2D eigenvalue weighted by Crippen LogP contribution is 2.55. The predicted molar refractivity (Wildman–Crippen MR) is 46.7 cm³/mol. The van der Waals surface area contributed by atoms with E-state index in [0.717, 1.165) is 36.5 Å². The van der Waals surface area contributed by atoms with Crippen molar-refractivity contribution >= 4 is 5.78 Å². The van der Waals surface area contributed by atoms with Gasteiger partial charge in [-0.3, -0.25) is 4.79 Å². The summed E-state index contributed by atoms with van der Waals surface area (Å²) in [5.41, 5.74) is 0. The summed E-state index contributed by atoms with van der Waals surface area (Å²) in [6.45, 7) is 0. The van der Waals surface area contributed by atoms with Crippen LogP contribution in [0.1, 0.15) is 38.5 Å². The van der Waals surface area contributed by atoms with E-state index in [1.54, 1.807) is 0 Å². The molecule has 66 valence electrons. The molecule has 12 heavy (non-hydrogen) atoms. The lowest BCUT2D eigenvalue weighted by Crippen LogP contribution is -2.17. The lowest BCUT2D eigenvalue weighted by molar-refractivity contribution is -0.122. The minimum atomic E-state index is 0.561. The lowest BCUT2D eigenvalue weighted by atomic mass is 9.84. The zero-order valence-electron chi connectivity index (χ0n) is 7.46. The summed E-state index contributed by atoms with van der Waals surface area (Å²) >= 11 is 0. The molecule has 0 amide bonds. The minimum absolute atomic E-state index is 0.561. The van der Waals surface area contributed by atoms with Crippen molar-refractivity contribution in [3.8, 4) is 0 Å². The molecule has 3 aliphatic rings. The number of rotatable bonds is 0. The van der Waals surface area contributed by atoms with Crippen molar-refractivity contribution in [2.45, 2.75) is 38.5 Å². The second-order valence-electron chi connectivity index (χ2n) is 4.96. The van der Waals surface area contributed by atoms with Crippen LogP contribution < -0.4 is 0 Å². The first-order valence-electron chi connectivity index (χ1n) is 5.36. The SMILES string of the molecule is O=C1C[C@H]2C[C@@H](C1)[C@@H]1CCC[C@H]21. The molecular formula is C11H16O. The third kappa shape index (κ3) is 0.826. The second-order valence-corrected chi connectivity index (χ2v) is 4.96. The molecule has 0 unspecified atom stereocenters. The average Bonchev–Trinajstić information content (AvgIpc) is 2.56. The molecule has 3 aliphatic carbocycles. The zero-order chi connectivity index (χ0) is 8.13. The first kappa shape index (κ1) is 7.11. The van der Waals surface area contributed by atoms with Gasteiger partial charge in [0, 0.05) is 12.8 Å². The molecule has 0 aromatic heterocycles. The van der Waals surface area contributed by atoms with Crippen LogP contribution in [0.3, 0.4) is 0 Å². The normalized spacial score (nSPS) is 51.2. The van der Waals surface area contributed by atoms with E-state index >= 15 is 0 Å².